The number of hydrogen-bond acceptors (Lipinski definition) is 6. The quantitative estimate of drug-likeness (QED) is 0.388. The molecule has 1 aliphatic rings. The lowest BCUT2D eigenvalue weighted by Gasteiger charge is -2.34. The summed E-state index contributed by atoms with van der Waals surface area (Å²) >= 11 is 0. The van der Waals surface area contributed by atoms with Crippen molar-refractivity contribution in [2.75, 3.05) is 38.1 Å². The number of likely N-dealkylation sites (N-methyl/N-ethyl adjacent to an activating group) is 1. The topological polar surface area (TPSA) is 111 Å². The lowest BCUT2D eigenvalue weighted by atomic mass is 10.0. The molecule has 204 valence electrons. The van der Waals surface area contributed by atoms with Crippen LogP contribution in [0.5, 0.6) is 0 Å². The molecule has 2 aromatic carbocycles. The van der Waals surface area contributed by atoms with Crippen LogP contribution >= 0.6 is 0 Å². The number of anilines is 1. The van der Waals surface area contributed by atoms with Crippen molar-refractivity contribution in [2.45, 2.75) is 45.3 Å². The van der Waals surface area contributed by atoms with Crippen LogP contribution in [0.1, 0.15) is 36.7 Å². The highest BCUT2D eigenvalue weighted by Crippen LogP contribution is 2.17. The Kier molecular flexibility index (Phi) is 10.4. The van der Waals surface area contributed by atoms with Crippen LogP contribution in [0.4, 0.5) is 5.69 Å². The highest BCUT2D eigenvalue weighted by atomic mass is 16.2. The van der Waals surface area contributed by atoms with E-state index in [1.54, 1.807) is 19.1 Å². The molecule has 9 heteroatoms. The fraction of sp³-hybridized carbons (Fsp3) is 0.448. The number of amides is 3. The van der Waals surface area contributed by atoms with Crippen LogP contribution < -0.4 is 20.9 Å². The fourth-order valence-electron chi connectivity index (χ4n) is 4.22. The second kappa shape index (κ2) is 13.7. The maximum Gasteiger partial charge on any atom is 0.251 e. The summed E-state index contributed by atoms with van der Waals surface area (Å²) in [7, 11) is 2.10. The van der Waals surface area contributed by atoms with Gasteiger partial charge in [0.15, 0.2) is 0 Å². The van der Waals surface area contributed by atoms with Gasteiger partial charge in [-0.2, -0.15) is 0 Å². The predicted molar refractivity (Wildman–Crippen MR) is 148 cm³/mol. The smallest absolute Gasteiger partial charge is 0.251 e. The third-order valence-corrected chi connectivity index (χ3v) is 6.83. The van der Waals surface area contributed by atoms with E-state index in [9.17, 15) is 19.2 Å². The van der Waals surface area contributed by atoms with E-state index in [0.717, 1.165) is 37.4 Å². The molecule has 3 N–H and O–H groups in total. The normalized spacial score (nSPS) is 16.3. The predicted octanol–water partition coefficient (Wildman–Crippen LogP) is 1.62. The summed E-state index contributed by atoms with van der Waals surface area (Å²) in [6.07, 6.45) is 0.944. The largest absolute Gasteiger partial charge is 0.369 e. The van der Waals surface area contributed by atoms with Gasteiger partial charge in [0.2, 0.25) is 11.8 Å². The third kappa shape index (κ3) is 8.14. The molecule has 0 radical (unpaired) electrons. The van der Waals surface area contributed by atoms with Crippen molar-refractivity contribution >= 4 is 29.7 Å². The van der Waals surface area contributed by atoms with E-state index in [2.05, 4.69) is 32.8 Å². The van der Waals surface area contributed by atoms with Crippen LogP contribution in [0.2, 0.25) is 0 Å². The molecule has 9 nitrogen and oxygen atoms in total. The Balaban J connectivity index is 1.68. The van der Waals surface area contributed by atoms with Crippen molar-refractivity contribution in [3.05, 3.63) is 65.7 Å². The number of benzene rings is 2. The minimum absolute atomic E-state index is 0.0768. The molecule has 1 fully saturated rings. The molecular formula is C29H39N5O4. The Hall–Kier alpha value is -3.72. The highest BCUT2D eigenvalue weighted by molar-refractivity contribution is 5.98. The summed E-state index contributed by atoms with van der Waals surface area (Å²) in [4.78, 5) is 54.8. The molecule has 1 aliphatic heterocycles. The van der Waals surface area contributed by atoms with Gasteiger partial charge in [-0.15, -0.1) is 0 Å². The number of nitrogens with one attached hydrogen (secondary N) is 3. The van der Waals surface area contributed by atoms with Crippen molar-refractivity contribution < 1.29 is 19.2 Å². The fourth-order valence-corrected chi connectivity index (χ4v) is 4.22. The Bertz CT molecular complexity index is 1080. The van der Waals surface area contributed by atoms with E-state index < -0.39 is 29.9 Å². The third-order valence-electron chi connectivity index (χ3n) is 6.83. The molecule has 0 spiro atoms. The van der Waals surface area contributed by atoms with Gasteiger partial charge in [-0.05, 0) is 49.7 Å². The van der Waals surface area contributed by atoms with E-state index >= 15 is 0 Å². The van der Waals surface area contributed by atoms with Gasteiger partial charge in [-0.1, -0.05) is 44.2 Å². The second-order valence-electron chi connectivity index (χ2n) is 10.2. The molecule has 3 rings (SSSR count). The Morgan fingerprint density at radius 1 is 0.842 bits per heavy atom. The molecule has 0 saturated carbocycles. The maximum atomic E-state index is 13.2. The Morgan fingerprint density at radius 2 is 1.47 bits per heavy atom. The van der Waals surface area contributed by atoms with Crippen LogP contribution in [-0.2, 0) is 20.8 Å². The average Bonchev–Trinajstić information content (AvgIpc) is 2.92. The van der Waals surface area contributed by atoms with Crippen LogP contribution in [0.15, 0.2) is 54.6 Å². The molecule has 0 aliphatic carbocycles. The first-order valence-electron chi connectivity index (χ1n) is 13.1. The van der Waals surface area contributed by atoms with Crippen molar-refractivity contribution in [1.82, 2.24) is 20.9 Å². The van der Waals surface area contributed by atoms with Gasteiger partial charge in [0.05, 0.1) is 6.04 Å². The maximum absolute atomic E-state index is 13.2. The highest BCUT2D eigenvalue weighted by Gasteiger charge is 2.27. The first-order chi connectivity index (χ1) is 18.2. The van der Waals surface area contributed by atoms with E-state index in [-0.39, 0.29) is 18.2 Å². The molecule has 3 unspecified atom stereocenters. The summed E-state index contributed by atoms with van der Waals surface area (Å²) in [6.45, 7) is 9.03. The van der Waals surface area contributed by atoms with Gasteiger partial charge in [0.1, 0.15) is 18.4 Å². The molecule has 0 aromatic heterocycles. The number of piperazine rings is 1. The lowest BCUT2D eigenvalue weighted by Crippen LogP contribution is -2.55. The molecule has 2 aromatic rings. The molecule has 1 saturated heterocycles. The first kappa shape index (κ1) is 28.8. The van der Waals surface area contributed by atoms with E-state index in [1.807, 2.05) is 56.3 Å². The zero-order valence-electron chi connectivity index (χ0n) is 22.6. The number of nitrogens with zero attached hydrogens (tertiary/aromatic N) is 2. The van der Waals surface area contributed by atoms with Gasteiger partial charge in [0.25, 0.3) is 5.91 Å². The number of carbonyl (C=O) groups is 4. The number of aldehydes is 1. The minimum Gasteiger partial charge on any atom is -0.369 e. The monoisotopic (exact) mass is 521 g/mol. The van der Waals surface area contributed by atoms with Crippen molar-refractivity contribution in [3.8, 4) is 0 Å². The summed E-state index contributed by atoms with van der Waals surface area (Å²) in [5.74, 6) is -1.39. The van der Waals surface area contributed by atoms with Crippen LogP contribution in [0.25, 0.3) is 0 Å². The molecule has 3 atom stereocenters. The zero-order chi connectivity index (χ0) is 27.7. The first-order valence-corrected chi connectivity index (χ1v) is 13.1. The SMILES string of the molecule is CC(NC(=O)C(Cc1ccccc1)NC(=O)c1ccc(N2CCN(C)CC2)cc1)C(=O)NC(C=O)C(C)C. The molecule has 0 bridgehead atoms. The van der Waals surface area contributed by atoms with Crippen LogP contribution in [-0.4, -0.2) is 80.3 Å². The van der Waals surface area contributed by atoms with E-state index in [1.165, 1.54) is 0 Å². The van der Waals surface area contributed by atoms with Gasteiger partial charge in [-0.25, -0.2) is 0 Å². The van der Waals surface area contributed by atoms with Crippen LogP contribution in [0.3, 0.4) is 0 Å². The zero-order valence-corrected chi connectivity index (χ0v) is 22.6. The standard InChI is InChI=1S/C29H39N5O4/c1-20(2)26(19-35)32-27(36)21(3)30-29(38)25(18-22-8-6-5-7-9-22)31-28(37)23-10-12-24(13-11-23)34-16-14-33(4)15-17-34/h5-13,19-21,25-26H,14-18H2,1-4H3,(H,30,38)(H,31,37)(H,32,36). The Morgan fingerprint density at radius 3 is 2.05 bits per heavy atom. The van der Waals surface area contributed by atoms with E-state index in [0.29, 0.717) is 11.8 Å². The molecular weight excluding hydrogens is 482 g/mol. The van der Waals surface area contributed by atoms with Gasteiger partial charge in [0, 0.05) is 43.9 Å². The minimum atomic E-state index is -0.899. The molecule has 38 heavy (non-hydrogen) atoms. The summed E-state index contributed by atoms with van der Waals surface area (Å²) in [6, 6.07) is 14.3. The van der Waals surface area contributed by atoms with Gasteiger partial charge < -0.3 is 30.5 Å². The van der Waals surface area contributed by atoms with E-state index in [4.69, 9.17) is 0 Å². The van der Waals surface area contributed by atoms with Crippen molar-refractivity contribution in [1.29, 1.82) is 0 Å². The molecule has 3 amide bonds. The lowest BCUT2D eigenvalue weighted by molar-refractivity contribution is -0.130. The number of carbonyl (C=O) groups excluding carboxylic acids is 4. The molecule has 1 heterocycles. The summed E-state index contributed by atoms with van der Waals surface area (Å²) in [5.41, 5.74) is 2.38. The second-order valence-corrected chi connectivity index (χ2v) is 10.2. The van der Waals surface area contributed by atoms with Crippen LogP contribution in [0, 0.1) is 5.92 Å². The summed E-state index contributed by atoms with van der Waals surface area (Å²) in [5, 5.41) is 8.18. The number of hydrogen-bond donors (Lipinski definition) is 3. The average molecular weight is 522 g/mol. The number of rotatable bonds is 11. The van der Waals surface area contributed by atoms with Crippen molar-refractivity contribution in [2.24, 2.45) is 5.92 Å². The van der Waals surface area contributed by atoms with Gasteiger partial charge >= 0.3 is 0 Å². The summed E-state index contributed by atoms with van der Waals surface area (Å²) < 4.78 is 0. The van der Waals surface area contributed by atoms with Crippen molar-refractivity contribution in [3.63, 3.8) is 0 Å². The Labute approximate surface area is 225 Å². The van der Waals surface area contributed by atoms with Gasteiger partial charge in [-0.3, -0.25) is 14.4 Å².